The van der Waals surface area contributed by atoms with Gasteiger partial charge in [0.1, 0.15) is 0 Å². The lowest BCUT2D eigenvalue weighted by atomic mass is 9.97. The van der Waals surface area contributed by atoms with E-state index in [1.165, 1.54) is 4.31 Å². The topological polar surface area (TPSA) is 66.5 Å². The Kier molecular flexibility index (Phi) is 6.83. The van der Waals surface area contributed by atoms with Crippen LogP contribution in [0, 0.1) is 5.92 Å². The van der Waals surface area contributed by atoms with Crippen molar-refractivity contribution in [3.8, 4) is 0 Å². The molecule has 2 rings (SSSR count). The van der Waals surface area contributed by atoms with Gasteiger partial charge in [-0.3, -0.25) is 4.79 Å². The Morgan fingerprint density at radius 3 is 2.62 bits per heavy atom. The molecule has 7 heteroatoms. The second kappa shape index (κ2) is 8.45. The molecule has 1 N–H and O–H groups in total. The number of carbonyl (C=O) groups is 1. The second-order valence-electron chi connectivity index (χ2n) is 6.38. The summed E-state index contributed by atoms with van der Waals surface area (Å²) < 4.78 is 27.5. The largest absolute Gasteiger partial charge is 0.353 e. The molecule has 0 saturated carbocycles. The molecule has 0 bridgehead atoms. The van der Waals surface area contributed by atoms with Gasteiger partial charge in [-0.2, -0.15) is 0 Å². The van der Waals surface area contributed by atoms with Crippen molar-refractivity contribution >= 4 is 31.9 Å². The summed E-state index contributed by atoms with van der Waals surface area (Å²) >= 11 is 3.36. The fourth-order valence-electron chi connectivity index (χ4n) is 2.79. The van der Waals surface area contributed by atoms with Gasteiger partial charge < -0.3 is 5.32 Å². The molecule has 0 aliphatic carbocycles. The highest BCUT2D eigenvalue weighted by molar-refractivity contribution is 9.10. The maximum absolute atomic E-state index is 12.6. The molecule has 1 aromatic rings. The number of amides is 1. The highest BCUT2D eigenvalue weighted by Crippen LogP contribution is 2.23. The molecule has 1 saturated heterocycles. The monoisotopic (exact) mass is 416 g/mol. The molecule has 1 aromatic carbocycles. The lowest BCUT2D eigenvalue weighted by Gasteiger charge is -2.31. The van der Waals surface area contributed by atoms with E-state index in [0.29, 0.717) is 25.9 Å². The predicted octanol–water partition coefficient (Wildman–Crippen LogP) is 2.91. The third-order valence-corrected chi connectivity index (χ3v) is 6.80. The summed E-state index contributed by atoms with van der Waals surface area (Å²) in [6.07, 6.45) is 2.06. The number of benzene rings is 1. The van der Waals surface area contributed by atoms with Crippen LogP contribution >= 0.6 is 15.9 Å². The second-order valence-corrected chi connectivity index (χ2v) is 9.26. The van der Waals surface area contributed by atoms with Crippen molar-refractivity contribution in [2.45, 2.75) is 44.9 Å². The number of nitrogens with one attached hydrogen (secondary N) is 1. The SMILES string of the molecule is CC[C@H](C)NC(=O)C1CCN(S(=O)(=O)Cc2cccc(Br)c2)CC1. The molecule has 1 aliphatic heterocycles. The third-order valence-electron chi connectivity index (χ3n) is 4.46. The lowest BCUT2D eigenvalue weighted by molar-refractivity contribution is -0.126. The smallest absolute Gasteiger partial charge is 0.223 e. The Bertz CT molecular complexity index is 670. The van der Waals surface area contributed by atoms with Crippen LogP contribution in [0.5, 0.6) is 0 Å². The van der Waals surface area contributed by atoms with Gasteiger partial charge in [0.2, 0.25) is 15.9 Å². The number of hydrogen-bond acceptors (Lipinski definition) is 3. The van der Waals surface area contributed by atoms with Crippen molar-refractivity contribution in [2.75, 3.05) is 13.1 Å². The van der Waals surface area contributed by atoms with Crippen LogP contribution in [-0.2, 0) is 20.6 Å². The average molecular weight is 417 g/mol. The van der Waals surface area contributed by atoms with E-state index in [4.69, 9.17) is 0 Å². The van der Waals surface area contributed by atoms with Crippen LogP contribution in [0.15, 0.2) is 28.7 Å². The van der Waals surface area contributed by atoms with Gasteiger partial charge in [-0.05, 0) is 43.9 Å². The zero-order chi connectivity index (χ0) is 17.7. The number of hydrogen-bond donors (Lipinski definition) is 1. The first-order valence-corrected chi connectivity index (χ1v) is 10.7. The number of carbonyl (C=O) groups excluding carboxylic acids is 1. The van der Waals surface area contributed by atoms with Crippen molar-refractivity contribution < 1.29 is 13.2 Å². The minimum atomic E-state index is -3.35. The molecule has 1 heterocycles. The fourth-order valence-corrected chi connectivity index (χ4v) is 4.78. The zero-order valence-electron chi connectivity index (χ0n) is 14.2. The van der Waals surface area contributed by atoms with Gasteiger partial charge in [0.25, 0.3) is 0 Å². The van der Waals surface area contributed by atoms with Gasteiger partial charge in [-0.1, -0.05) is 35.0 Å². The molecule has 1 amide bonds. The maximum atomic E-state index is 12.6. The first-order chi connectivity index (χ1) is 11.3. The molecule has 0 spiro atoms. The molecule has 0 radical (unpaired) electrons. The van der Waals surface area contributed by atoms with Crippen molar-refractivity contribution in [3.05, 3.63) is 34.3 Å². The van der Waals surface area contributed by atoms with E-state index in [1.54, 1.807) is 0 Å². The van der Waals surface area contributed by atoms with E-state index in [-0.39, 0.29) is 23.6 Å². The Hall–Kier alpha value is -0.920. The van der Waals surface area contributed by atoms with Gasteiger partial charge in [0.15, 0.2) is 0 Å². The van der Waals surface area contributed by atoms with Gasteiger partial charge in [0, 0.05) is 29.5 Å². The maximum Gasteiger partial charge on any atom is 0.223 e. The molecule has 134 valence electrons. The molecular weight excluding hydrogens is 392 g/mol. The number of piperidine rings is 1. The number of rotatable bonds is 6. The predicted molar refractivity (Wildman–Crippen MR) is 99.0 cm³/mol. The van der Waals surface area contributed by atoms with E-state index in [0.717, 1.165) is 16.5 Å². The Morgan fingerprint density at radius 1 is 1.38 bits per heavy atom. The van der Waals surface area contributed by atoms with Crippen molar-refractivity contribution in [1.82, 2.24) is 9.62 Å². The quantitative estimate of drug-likeness (QED) is 0.774. The minimum absolute atomic E-state index is 0.00380. The average Bonchev–Trinajstić information content (AvgIpc) is 2.54. The fraction of sp³-hybridized carbons (Fsp3) is 0.588. The van der Waals surface area contributed by atoms with Crippen LogP contribution < -0.4 is 5.32 Å². The Morgan fingerprint density at radius 2 is 2.04 bits per heavy atom. The van der Waals surface area contributed by atoms with Crippen molar-refractivity contribution in [3.63, 3.8) is 0 Å². The van der Waals surface area contributed by atoms with E-state index in [9.17, 15) is 13.2 Å². The summed E-state index contributed by atoms with van der Waals surface area (Å²) in [6, 6.07) is 7.51. The van der Waals surface area contributed by atoms with Gasteiger partial charge in [-0.15, -0.1) is 0 Å². The van der Waals surface area contributed by atoms with Crippen molar-refractivity contribution in [1.29, 1.82) is 0 Å². The zero-order valence-corrected chi connectivity index (χ0v) is 16.6. The van der Waals surface area contributed by atoms with Gasteiger partial charge in [0.05, 0.1) is 5.75 Å². The normalized spacial score (nSPS) is 18.3. The number of nitrogens with zero attached hydrogens (tertiary/aromatic N) is 1. The van der Waals surface area contributed by atoms with E-state index in [2.05, 4.69) is 21.2 Å². The summed E-state index contributed by atoms with van der Waals surface area (Å²) in [5.41, 5.74) is 0.765. The lowest BCUT2D eigenvalue weighted by Crippen LogP contribution is -2.44. The Balaban J connectivity index is 1.92. The molecule has 0 unspecified atom stereocenters. The summed E-state index contributed by atoms with van der Waals surface area (Å²) in [5, 5.41) is 2.99. The first-order valence-electron chi connectivity index (χ1n) is 8.34. The number of sulfonamides is 1. The highest BCUT2D eigenvalue weighted by atomic mass is 79.9. The van der Waals surface area contributed by atoms with Gasteiger partial charge >= 0.3 is 0 Å². The summed E-state index contributed by atoms with van der Waals surface area (Å²) in [5.74, 6) is -0.0411. The standard InChI is InChI=1S/C17H25BrN2O3S/c1-3-13(2)19-17(21)15-7-9-20(10-8-15)24(22,23)12-14-5-4-6-16(18)11-14/h4-6,11,13,15H,3,7-10,12H2,1-2H3,(H,19,21)/t13-/m0/s1. The van der Waals surface area contributed by atoms with Crippen LogP contribution in [0.2, 0.25) is 0 Å². The summed E-state index contributed by atoms with van der Waals surface area (Å²) in [4.78, 5) is 12.2. The first kappa shape index (κ1) is 19.4. The van der Waals surface area contributed by atoms with Crippen LogP contribution in [0.1, 0.15) is 38.7 Å². The number of halogens is 1. The Labute approximate surface area is 153 Å². The third kappa shape index (κ3) is 5.29. The van der Waals surface area contributed by atoms with Crippen LogP contribution in [0.4, 0.5) is 0 Å². The van der Waals surface area contributed by atoms with Gasteiger partial charge in [-0.25, -0.2) is 12.7 Å². The highest BCUT2D eigenvalue weighted by Gasteiger charge is 2.31. The van der Waals surface area contributed by atoms with Crippen LogP contribution in [0.25, 0.3) is 0 Å². The van der Waals surface area contributed by atoms with Crippen LogP contribution in [0.3, 0.4) is 0 Å². The van der Waals surface area contributed by atoms with E-state index >= 15 is 0 Å². The molecule has 5 nitrogen and oxygen atoms in total. The molecule has 1 fully saturated rings. The molecule has 1 atom stereocenters. The molecule has 0 aromatic heterocycles. The minimum Gasteiger partial charge on any atom is -0.353 e. The van der Waals surface area contributed by atoms with Crippen LogP contribution in [-0.4, -0.2) is 37.8 Å². The van der Waals surface area contributed by atoms with E-state index < -0.39 is 10.0 Å². The summed E-state index contributed by atoms with van der Waals surface area (Å²) in [7, 11) is -3.35. The van der Waals surface area contributed by atoms with E-state index in [1.807, 2.05) is 38.1 Å². The summed E-state index contributed by atoms with van der Waals surface area (Å²) in [6.45, 7) is 4.83. The molecule has 1 aliphatic rings. The van der Waals surface area contributed by atoms with Crippen molar-refractivity contribution in [2.24, 2.45) is 5.92 Å². The molecular formula is C17H25BrN2O3S. The molecule has 24 heavy (non-hydrogen) atoms.